The minimum atomic E-state index is -0.382. The second kappa shape index (κ2) is 5.48. The van der Waals surface area contributed by atoms with E-state index in [1.54, 1.807) is 31.2 Å². The van der Waals surface area contributed by atoms with E-state index in [0.29, 0.717) is 15.6 Å². The first-order valence-corrected chi connectivity index (χ1v) is 6.18. The average molecular weight is 313 g/mol. The Kier molecular flexibility index (Phi) is 3.97. The summed E-state index contributed by atoms with van der Waals surface area (Å²) in [5, 5.41) is 0. The molecule has 1 nitrogen and oxygen atoms in total. The Morgan fingerprint density at radius 2 is 1.94 bits per heavy atom. The second-order valence-corrected chi connectivity index (χ2v) is 4.87. The molecule has 0 atom stereocenters. The molecule has 0 aliphatic rings. The molecule has 0 saturated heterocycles. The zero-order chi connectivity index (χ0) is 13.1. The third-order valence-corrected chi connectivity index (χ3v) is 2.93. The normalized spacial score (nSPS) is 10.4. The monoisotopic (exact) mass is 312 g/mol. The first-order chi connectivity index (χ1) is 8.56. The molecule has 18 heavy (non-hydrogen) atoms. The van der Waals surface area contributed by atoms with Gasteiger partial charge in [0.15, 0.2) is 11.6 Å². The Bertz CT molecular complexity index is 549. The van der Waals surface area contributed by atoms with Crippen molar-refractivity contribution in [3.63, 3.8) is 0 Å². The number of hydrogen-bond donors (Lipinski definition) is 0. The number of benzene rings is 2. The minimum absolute atomic E-state index is 0.122. The predicted octanol–water partition coefficient (Wildman–Crippen LogP) is 4.61. The molecule has 0 aliphatic carbocycles. The quantitative estimate of drug-likeness (QED) is 0.804. The molecule has 2 aromatic carbocycles. The van der Waals surface area contributed by atoms with Crippen LogP contribution in [-0.2, 0) is 6.61 Å². The number of ether oxygens (including phenoxy) is 1. The Labute approximate surface area is 113 Å². The van der Waals surface area contributed by atoms with Gasteiger partial charge in [0.25, 0.3) is 0 Å². The van der Waals surface area contributed by atoms with Crippen LogP contribution in [0.2, 0.25) is 0 Å². The summed E-state index contributed by atoms with van der Waals surface area (Å²) in [4.78, 5) is 0. The molecule has 0 heterocycles. The number of aryl methyl sites for hydroxylation is 1. The fraction of sp³-hybridized carbons (Fsp3) is 0.143. The van der Waals surface area contributed by atoms with Crippen molar-refractivity contribution < 1.29 is 13.5 Å². The van der Waals surface area contributed by atoms with Gasteiger partial charge < -0.3 is 4.74 Å². The summed E-state index contributed by atoms with van der Waals surface area (Å²) in [5.74, 6) is -0.559. The number of hydrogen-bond acceptors (Lipinski definition) is 1. The smallest absolute Gasteiger partial charge is 0.167 e. The van der Waals surface area contributed by atoms with Crippen LogP contribution in [0.3, 0.4) is 0 Å². The lowest BCUT2D eigenvalue weighted by Crippen LogP contribution is -1.99. The molecular weight excluding hydrogens is 302 g/mol. The molecule has 94 valence electrons. The first kappa shape index (κ1) is 13.0. The van der Waals surface area contributed by atoms with Crippen LogP contribution in [0.5, 0.6) is 5.75 Å². The largest absolute Gasteiger partial charge is 0.486 e. The van der Waals surface area contributed by atoms with Crippen molar-refractivity contribution in [2.45, 2.75) is 13.5 Å². The molecule has 2 aromatic rings. The van der Waals surface area contributed by atoms with E-state index in [-0.39, 0.29) is 24.0 Å². The van der Waals surface area contributed by atoms with Gasteiger partial charge in [-0.3, -0.25) is 0 Å². The van der Waals surface area contributed by atoms with Gasteiger partial charge in [-0.05, 0) is 42.3 Å². The van der Waals surface area contributed by atoms with E-state index >= 15 is 0 Å². The van der Waals surface area contributed by atoms with Crippen LogP contribution in [0.25, 0.3) is 0 Å². The van der Waals surface area contributed by atoms with Gasteiger partial charge in [0.2, 0.25) is 0 Å². The lowest BCUT2D eigenvalue weighted by molar-refractivity contribution is 0.289. The van der Waals surface area contributed by atoms with Gasteiger partial charge >= 0.3 is 0 Å². The van der Waals surface area contributed by atoms with E-state index in [1.807, 2.05) is 0 Å². The molecule has 0 saturated carbocycles. The van der Waals surface area contributed by atoms with Crippen LogP contribution < -0.4 is 4.74 Å². The molecule has 0 aromatic heterocycles. The SMILES string of the molecule is Cc1cccc(OCc2cc(F)cc(Br)c2)c1F. The second-order valence-electron chi connectivity index (χ2n) is 3.95. The zero-order valence-corrected chi connectivity index (χ0v) is 11.3. The summed E-state index contributed by atoms with van der Waals surface area (Å²) in [6, 6.07) is 9.39. The lowest BCUT2D eigenvalue weighted by Gasteiger charge is -2.09. The Morgan fingerprint density at radius 1 is 1.17 bits per heavy atom. The summed E-state index contributed by atoms with van der Waals surface area (Å²) in [6.45, 7) is 1.79. The standard InChI is InChI=1S/C14H11BrF2O/c1-9-3-2-4-13(14(9)17)18-8-10-5-11(15)7-12(16)6-10/h2-7H,8H2,1H3. The van der Waals surface area contributed by atoms with Crippen LogP contribution in [0.15, 0.2) is 40.9 Å². The summed E-state index contributed by atoms with van der Waals surface area (Å²) < 4.78 is 32.8. The molecule has 0 N–H and O–H groups in total. The fourth-order valence-electron chi connectivity index (χ4n) is 1.59. The van der Waals surface area contributed by atoms with Crippen LogP contribution in [0.4, 0.5) is 8.78 Å². The minimum Gasteiger partial charge on any atom is -0.486 e. The molecule has 0 bridgehead atoms. The Balaban J connectivity index is 2.14. The molecule has 0 aliphatic heterocycles. The highest BCUT2D eigenvalue weighted by Crippen LogP contribution is 2.22. The van der Waals surface area contributed by atoms with Crippen molar-refractivity contribution in [2.75, 3.05) is 0 Å². The van der Waals surface area contributed by atoms with Gasteiger partial charge in [-0.25, -0.2) is 8.78 Å². The average Bonchev–Trinajstić information content (AvgIpc) is 2.30. The van der Waals surface area contributed by atoms with Crippen molar-refractivity contribution in [2.24, 2.45) is 0 Å². The van der Waals surface area contributed by atoms with Gasteiger partial charge in [-0.1, -0.05) is 28.1 Å². The van der Waals surface area contributed by atoms with Crippen molar-refractivity contribution in [3.8, 4) is 5.75 Å². The molecule has 0 spiro atoms. The van der Waals surface area contributed by atoms with Crippen LogP contribution in [-0.4, -0.2) is 0 Å². The molecule has 0 radical (unpaired) electrons. The molecule has 4 heteroatoms. The highest BCUT2D eigenvalue weighted by Gasteiger charge is 2.06. The topological polar surface area (TPSA) is 9.23 Å². The lowest BCUT2D eigenvalue weighted by atomic mass is 10.2. The van der Waals surface area contributed by atoms with Gasteiger partial charge in [-0.15, -0.1) is 0 Å². The number of rotatable bonds is 3. The highest BCUT2D eigenvalue weighted by molar-refractivity contribution is 9.10. The maximum absolute atomic E-state index is 13.7. The van der Waals surface area contributed by atoms with E-state index in [0.717, 1.165) is 0 Å². The first-order valence-electron chi connectivity index (χ1n) is 5.39. The molecule has 0 unspecified atom stereocenters. The fourth-order valence-corrected chi connectivity index (χ4v) is 2.10. The third-order valence-electron chi connectivity index (χ3n) is 2.47. The van der Waals surface area contributed by atoms with Crippen LogP contribution in [0.1, 0.15) is 11.1 Å². The van der Waals surface area contributed by atoms with Crippen molar-refractivity contribution in [1.82, 2.24) is 0 Å². The summed E-state index contributed by atoms with van der Waals surface area (Å²) in [6.07, 6.45) is 0. The van der Waals surface area contributed by atoms with Gasteiger partial charge in [0.1, 0.15) is 12.4 Å². The summed E-state index contributed by atoms with van der Waals surface area (Å²) in [7, 11) is 0. The molecule has 2 rings (SSSR count). The van der Waals surface area contributed by atoms with Gasteiger partial charge in [-0.2, -0.15) is 0 Å². The predicted molar refractivity (Wildman–Crippen MR) is 69.6 cm³/mol. The van der Waals surface area contributed by atoms with E-state index in [1.165, 1.54) is 12.1 Å². The van der Waals surface area contributed by atoms with Crippen LogP contribution >= 0.6 is 15.9 Å². The van der Waals surface area contributed by atoms with Gasteiger partial charge in [0.05, 0.1) is 0 Å². The van der Waals surface area contributed by atoms with E-state index in [2.05, 4.69) is 15.9 Å². The number of halogens is 3. The molecule has 0 fully saturated rings. The Hall–Kier alpha value is -1.42. The van der Waals surface area contributed by atoms with Crippen molar-refractivity contribution in [1.29, 1.82) is 0 Å². The van der Waals surface area contributed by atoms with E-state index in [4.69, 9.17) is 4.74 Å². The van der Waals surface area contributed by atoms with Crippen molar-refractivity contribution >= 4 is 15.9 Å². The van der Waals surface area contributed by atoms with E-state index in [9.17, 15) is 8.78 Å². The van der Waals surface area contributed by atoms with Crippen molar-refractivity contribution in [3.05, 3.63) is 63.6 Å². The maximum atomic E-state index is 13.7. The van der Waals surface area contributed by atoms with Crippen LogP contribution in [0, 0.1) is 18.6 Å². The molecule has 0 amide bonds. The Morgan fingerprint density at radius 3 is 2.67 bits per heavy atom. The zero-order valence-electron chi connectivity index (χ0n) is 9.71. The summed E-state index contributed by atoms with van der Waals surface area (Å²) in [5.41, 5.74) is 1.16. The highest BCUT2D eigenvalue weighted by atomic mass is 79.9. The van der Waals surface area contributed by atoms with E-state index < -0.39 is 0 Å². The molecular formula is C14H11BrF2O. The summed E-state index contributed by atoms with van der Waals surface area (Å²) >= 11 is 3.20. The third kappa shape index (κ3) is 3.07. The van der Waals surface area contributed by atoms with Gasteiger partial charge in [0, 0.05) is 4.47 Å². The maximum Gasteiger partial charge on any atom is 0.167 e.